The van der Waals surface area contributed by atoms with Gasteiger partial charge >= 0.3 is 0 Å². The van der Waals surface area contributed by atoms with Crippen LogP contribution in [0.15, 0.2) is 127 Å². The Kier molecular flexibility index (Phi) is 5.95. The van der Waals surface area contributed by atoms with E-state index in [-0.39, 0.29) is 13.2 Å². The molecule has 0 heterocycles. The summed E-state index contributed by atoms with van der Waals surface area (Å²) in [6.07, 6.45) is 0. The van der Waals surface area contributed by atoms with E-state index >= 15 is 0 Å². The molecule has 2 nitrogen and oxygen atoms in total. The number of benzene rings is 6. The lowest BCUT2D eigenvalue weighted by Gasteiger charge is -2.20. The van der Waals surface area contributed by atoms with Crippen LogP contribution >= 0.6 is 0 Å². The lowest BCUT2D eigenvalue weighted by atomic mass is 9.87. The van der Waals surface area contributed by atoms with Crippen molar-refractivity contribution < 1.29 is 9.84 Å². The third kappa shape index (κ3) is 3.92. The van der Waals surface area contributed by atoms with E-state index in [1.165, 1.54) is 27.3 Å². The molecule has 0 amide bonds. The van der Waals surface area contributed by atoms with Crippen LogP contribution in [0.2, 0.25) is 0 Å². The standard InChI is InChI=1S/C34H26O2/c35-21-22-36-33-23-32(25-13-5-2-6-14-25)29-17-9-10-18-30(29)34(33)31-20-19-26(24-11-3-1-4-12-24)27-15-7-8-16-28(27)31/h1-20,23,35H,21-22H2. The maximum Gasteiger partial charge on any atom is 0.128 e. The molecular weight excluding hydrogens is 440 g/mol. The van der Waals surface area contributed by atoms with Gasteiger partial charge in [-0.2, -0.15) is 0 Å². The summed E-state index contributed by atoms with van der Waals surface area (Å²) >= 11 is 0. The van der Waals surface area contributed by atoms with Crippen LogP contribution in [0.4, 0.5) is 0 Å². The number of aliphatic hydroxyl groups is 1. The molecule has 0 saturated carbocycles. The molecule has 0 radical (unpaired) electrons. The van der Waals surface area contributed by atoms with Crippen molar-refractivity contribution in [3.05, 3.63) is 127 Å². The first-order valence-electron chi connectivity index (χ1n) is 12.3. The van der Waals surface area contributed by atoms with Gasteiger partial charge in [-0.05, 0) is 55.4 Å². The van der Waals surface area contributed by atoms with E-state index in [1.807, 2.05) is 12.1 Å². The minimum absolute atomic E-state index is 0.0410. The Morgan fingerprint density at radius 3 is 1.56 bits per heavy atom. The van der Waals surface area contributed by atoms with Crippen LogP contribution in [0.3, 0.4) is 0 Å². The summed E-state index contributed by atoms with van der Waals surface area (Å²) in [6, 6.07) is 44.5. The molecule has 6 rings (SSSR count). The van der Waals surface area contributed by atoms with Crippen LogP contribution in [-0.4, -0.2) is 18.3 Å². The fourth-order valence-electron chi connectivity index (χ4n) is 5.14. The quantitative estimate of drug-likeness (QED) is 0.267. The lowest BCUT2D eigenvalue weighted by molar-refractivity contribution is 0.202. The molecule has 36 heavy (non-hydrogen) atoms. The highest BCUT2D eigenvalue weighted by Crippen LogP contribution is 2.46. The Labute approximate surface area is 211 Å². The summed E-state index contributed by atoms with van der Waals surface area (Å²) < 4.78 is 6.22. The molecule has 6 aromatic carbocycles. The number of hydrogen-bond acceptors (Lipinski definition) is 2. The zero-order chi connectivity index (χ0) is 24.3. The van der Waals surface area contributed by atoms with Crippen molar-refractivity contribution in [2.24, 2.45) is 0 Å². The monoisotopic (exact) mass is 466 g/mol. The smallest absolute Gasteiger partial charge is 0.128 e. The number of aliphatic hydroxyl groups excluding tert-OH is 1. The molecule has 0 spiro atoms. The summed E-state index contributed by atoms with van der Waals surface area (Å²) in [5.74, 6) is 0.777. The highest BCUT2D eigenvalue weighted by Gasteiger charge is 2.19. The average Bonchev–Trinajstić information content (AvgIpc) is 2.96. The molecule has 0 aliphatic rings. The Bertz CT molecular complexity index is 1650. The molecule has 0 aliphatic carbocycles. The van der Waals surface area contributed by atoms with Crippen molar-refractivity contribution >= 4 is 21.5 Å². The molecule has 0 saturated heterocycles. The summed E-state index contributed by atoms with van der Waals surface area (Å²) in [4.78, 5) is 0. The van der Waals surface area contributed by atoms with E-state index in [2.05, 4.69) is 115 Å². The van der Waals surface area contributed by atoms with E-state index in [9.17, 15) is 5.11 Å². The first kappa shape index (κ1) is 22.1. The molecule has 0 unspecified atom stereocenters. The van der Waals surface area contributed by atoms with Crippen molar-refractivity contribution in [3.8, 4) is 39.1 Å². The lowest BCUT2D eigenvalue weighted by Crippen LogP contribution is -2.04. The van der Waals surface area contributed by atoms with Crippen LogP contribution in [0.25, 0.3) is 54.9 Å². The SMILES string of the molecule is OCCOc1cc(-c2ccccc2)c2ccccc2c1-c1ccc(-c2ccccc2)c2ccccc12. The number of hydrogen-bond donors (Lipinski definition) is 1. The third-order valence-electron chi connectivity index (χ3n) is 6.72. The van der Waals surface area contributed by atoms with Gasteiger partial charge in [0.1, 0.15) is 12.4 Å². The summed E-state index contributed by atoms with van der Waals surface area (Å²) in [7, 11) is 0. The van der Waals surface area contributed by atoms with Gasteiger partial charge in [0, 0.05) is 5.56 Å². The molecule has 0 atom stereocenters. The van der Waals surface area contributed by atoms with E-state index in [0.29, 0.717) is 0 Å². The minimum Gasteiger partial charge on any atom is -0.491 e. The zero-order valence-corrected chi connectivity index (χ0v) is 19.9. The van der Waals surface area contributed by atoms with Gasteiger partial charge in [-0.25, -0.2) is 0 Å². The Hall–Kier alpha value is -4.40. The molecule has 1 N–H and O–H groups in total. The predicted molar refractivity (Wildman–Crippen MR) is 150 cm³/mol. The van der Waals surface area contributed by atoms with Gasteiger partial charge in [-0.3, -0.25) is 0 Å². The Balaban J connectivity index is 1.67. The fraction of sp³-hybridized carbons (Fsp3) is 0.0588. The van der Waals surface area contributed by atoms with E-state index in [1.54, 1.807) is 0 Å². The van der Waals surface area contributed by atoms with Crippen molar-refractivity contribution in [2.45, 2.75) is 0 Å². The maximum absolute atomic E-state index is 9.60. The second-order valence-corrected chi connectivity index (χ2v) is 8.85. The number of ether oxygens (including phenoxy) is 1. The van der Waals surface area contributed by atoms with Gasteiger partial charge < -0.3 is 9.84 Å². The average molecular weight is 467 g/mol. The van der Waals surface area contributed by atoms with E-state index < -0.39 is 0 Å². The van der Waals surface area contributed by atoms with Crippen molar-refractivity contribution in [1.29, 1.82) is 0 Å². The maximum atomic E-state index is 9.60. The first-order chi connectivity index (χ1) is 17.8. The van der Waals surface area contributed by atoms with Crippen LogP contribution in [0, 0.1) is 0 Å². The van der Waals surface area contributed by atoms with Gasteiger partial charge in [0.15, 0.2) is 0 Å². The number of rotatable bonds is 6. The predicted octanol–water partition coefficient (Wildman–Crippen LogP) is 8.37. The van der Waals surface area contributed by atoms with Crippen molar-refractivity contribution in [2.75, 3.05) is 13.2 Å². The van der Waals surface area contributed by atoms with Crippen LogP contribution in [-0.2, 0) is 0 Å². The largest absolute Gasteiger partial charge is 0.491 e. The van der Waals surface area contributed by atoms with Gasteiger partial charge in [0.25, 0.3) is 0 Å². The molecule has 6 aromatic rings. The molecule has 0 fully saturated rings. The fourth-order valence-corrected chi connectivity index (χ4v) is 5.14. The first-order valence-corrected chi connectivity index (χ1v) is 12.3. The third-order valence-corrected chi connectivity index (χ3v) is 6.72. The van der Waals surface area contributed by atoms with E-state index in [4.69, 9.17) is 4.74 Å². The van der Waals surface area contributed by atoms with Gasteiger partial charge in [-0.15, -0.1) is 0 Å². The van der Waals surface area contributed by atoms with Crippen molar-refractivity contribution in [1.82, 2.24) is 0 Å². The highest BCUT2D eigenvalue weighted by molar-refractivity contribution is 6.14. The molecule has 0 bridgehead atoms. The second-order valence-electron chi connectivity index (χ2n) is 8.85. The molecule has 174 valence electrons. The molecule has 2 heteroatoms. The second kappa shape index (κ2) is 9.69. The Morgan fingerprint density at radius 1 is 0.472 bits per heavy atom. The van der Waals surface area contributed by atoms with Crippen molar-refractivity contribution in [3.63, 3.8) is 0 Å². The Morgan fingerprint density at radius 2 is 0.944 bits per heavy atom. The molecule has 0 aliphatic heterocycles. The van der Waals surface area contributed by atoms with Gasteiger partial charge in [0.05, 0.1) is 6.61 Å². The van der Waals surface area contributed by atoms with E-state index in [0.717, 1.165) is 33.4 Å². The molecule has 0 aromatic heterocycles. The van der Waals surface area contributed by atoms with Gasteiger partial charge in [-0.1, -0.05) is 121 Å². The van der Waals surface area contributed by atoms with Crippen LogP contribution in [0.5, 0.6) is 5.75 Å². The zero-order valence-electron chi connectivity index (χ0n) is 19.9. The number of fused-ring (bicyclic) bond motifs is 2. The molecular formula is C34H26O2. The van der Waals surface area contributed by atoms with Crippen LogP contribution in [0.1, 0.15) is 0 Å². The van der Waals surface area contributed by atoms with Gasteiger partial charge in [0.2, 0.25) is 0 Å². The van der Waals surface area contributed by atoms with Crippen LogP contribution < -0.4 is 4.74 Å². The highest BCUT2D eigenvalue weighted by atomic mass is 16.5. The summed E-state index contributed by atoms with van der Waals surface area (Å²) in [5.41, 5.74) is 6.83. The minimum atomic E-state index is -0.0410. The summed E-state index contributed by atoms with van der Waals surface area (Å²) in [5, 5.41) is 14.3. The normalized spacial score (nSPS) is 11.1. The summed E-state index contributed by atoms with van der Waals surface area (Å²) in [6.45, 7) is 0.195. The topological polar surface area (TPSA) is 29.5 Å².